The lowest BCUT2D eigenvalue weighted by molar-refractivity contribution is -0.144. The molecule has 1 aromatic heterocycles. The molecule has 0 radical (unpaired) electrons. The molecule has 0 saturated carbocycles. The van der Waals surface area contributed by atoms with E-state index in [2.05, 4.69) is 21.2 Å². The third kappa shape index (κ3) is 3.35. The second-order valence-corrected chi connectivity index (χ2v) is 4.67. The van der Waals surface area contributed by atoms with E-state index in [0.717, 1.165) is 10.2 Å². The Balaban J connectivity index is 2.57. The van der Waals surface area contributed by atoms with Crippen molar-refractivity contribution in [1.82, 2.24) is 5.32 Å². The van der Waals surface area contributed by atoms with E-state index >= 15 is 0 Å². The standard InChI is InChI=1S/C11H16BrNO3/c1-7(2)10(11(14)15-3)13-6-9-8(12)4-5-16-9/h4-5,7,10,13H,6H2,1-3H3. The van der Waals surface area contributed by atoms with Crippen LogP contribution in [0, 0.1) is 5.92 Å². The van der Waals surface area contributed by atoms with Crippen molar-refractivity contribution in [3.8, 4) is 0 Å². The summed E-state index contributed by atoms with van der Waals surface area (Å²) in [5, 5.41) is 3.11. The van der Waals surface area contributed by atoms with Crippen LogP contribution in [-0.4, -0.2) is 19.1 Å². The van der Waals surface area contributed by atoms with Gasteiger partial charge in [0.25, 0.3) is 0 Å². The van der Waals surface area contributed by atoms with E-state index in [1.54, 1.807) is 6.26 Å². The largest absolute Gasteiger partial charge is 0.468 e. The molecule has 1 aromatic rings. The Bertz CT molecular complexity index is 349. The van der Waals surface area contributed by atoms with Crippen LogP contribution < -0.4 is 5.32 Å². The van der Waals surface area contributed by atoms with Crippen molar-refractivity contribution in [1.29, 1.82) is 0 Å². The van der Waals surface area contributed by atoms with Gasteiger partial charge in [-0.15, -0.1) is 0 Å². The highest BCUT2D eigenvalue weighted by Crippen LogP contribution is 2.17. The van der Waals surface area contributed by atoms with Crippen LogP contribution in [0.3, 0.4) is 0 Å². The quantitative estimate of drug-likeness (QED) is 0.846. The maximum atomic E-state index is 11.5. The minimum atomic E-state index is -0.318. The summed E-state index contributed by atoms with van der Waals surface area (Å²) in [6.07, 6.45) is 1.60. The summed E-state index contributed by atoms with van der Waals surface area (Å²) in [7, 11) is 1.39. The predicted molar refractivity (Wildman–Crippen MR) is 63.9 cm³/mol. The van der Waals surface area contributed by atoms with E-state index in [4.69, 9.17) is 9.15 Å². The number of carbonyl (C=O) groups excluding carboxylic acids is 1. The van der Waals surface area contributed by atoms with Crippen LogP contribution in [0.5, 0.6) is 0 Å². The highest BCUT2D eigenvalue weighted by Gasteiger charge is 2.22. The van der Waals surface area contributed by atoms with Gasteiger partial charge in [0.15, 0.2) is 0 Å². The van der Waals surface area contributed by atoms with Crippen molar-refractivity contribution < 1.29 is 13.9 Å². The van der Waals surface area contributed by atoms with E-state index in [1.807, 2.05) is 19.9 Å². The number of esters is 1. The third-order valence-electron chi connectivity index (χ3n) is 2.30. The first-order chi connectivity index (χ1) is 7.56. The number of furan rings is 1. The Morgan fingerprint density at radius 3 is 2.75 bits per heavy atom. The van der Waals surface area contributed by atoms with Gasteiger partial charge < -0.3 is 9.15 Å². The molecular weight excluding hydrogens is 274 g/mol. The van der Waals surface area contributed by atoms with Gasteiger partial charge in [0.2, 0.25) is 0 Å². The molecule has 1 atom stereocenters. The highest BCUT2D eigenvalue weighted by atomic mass is 79.9. The maximum Gasteiger partial charge on any atom is 0.323 e. The fourth-order valence-electron chi connectivity index (χ4n) is 1.37. The Kier molecular flexibility index (Phi) is 5.02. The van der Waals surface area contributed by atoms with Crippen molar-refractivity contribution >= 4 is 21.9 Å². The fraction of sp³-hybridized carbons (Fsp3) is 0.545. The average molecular weight is 290 g/mol. The van der Waals surface area contributed by atoms with Crippen molar-refractivity contribution in [3.63, 3.8) is 0 Å². The Hall–Kier alpha value is -0.810. The zero-order chi connectivity index (χ0) is 12.1. The van der Waals surface area contributed by atoms with Gasteiger partial charge in [0, 0.05) is 0 Å². The van der Waals surface area contributed by atoms with Crippen molar-refractivity contribution in [2.45, 2.75) is 26.4 Å². The number of hydrogen-bond acceptors (Lipinski definition) is 4. The van der Waals surface area contributed by atoms with Crippen LogP contribution >= 0.6 is 15.9 Å². The number of carbonyl (C=O) groups is 1. The molecule has 0 aliphatic rings. The summed E-state index contributed by atoms with van der Waals surface area (Å²) in [6, 6.07) is 1.50. The summed E-state index contributed by atoms with van der Waals surface area (Å²) in [5.74, 6) is 0.688. The molecule has 1 unspecified atom stereocenters. The maximum absolute atomic E-state index is 11.5. The lowest BCUT2D eigenvalue weighted by Gasteiger charge is -2.19. The smallest absolute Gasteiger partial charge is 0.323 e. The highest BCUT2D eigenvalue weighted by molar-refractivity contribution is 9.10. The Morgan fingerprint density at radius 1 is 1.62 bits per heavy atom. The summed E-state index contributed by atoms with van der Waals surface area (Å²) in [5.41, 5.74) is 0. The molecule has 1 rings (SSSR count). The van der Waals surface area contributed by atoms with E-state index in [9.17, 15) is 4.79 Å². The van der Waals surface area contributed by atoms with Gasteiger partial charge in [0.05, 0.1) is 24.4 Å². The molecule has 0 fully saturated rings. The molecule has 5 heteroatoms. The minimum Gasteiger partial charge on any atom is -0.468 e. The van der Waals surface area contributed by atoms with Gasteiger partial charge in [-0.05, 0) is 27.9 Å². The molecule has 4 nitrogen and oxygen atoms in total. The lowest BCUT2D eigenvalue weighted by Crippen LogP contribution is -2.41. The van der Waals surface area contributed by atoms with Gasteiger partial charge in [-0.1, -0.05) is 13.8 Å². The van der Waals surface area contributed by atoms with E-state index < -0.39 is 0 Å². The van der Waals surface area contributed by atoms with Crippen LogP contribution in [0.4, 0.5) is 0 Å². The summed E-state index contributed by atoms with van der Waals surface area (Å²) in [4.78, 5) is 11.5. The number of ether oxygens (including phenoxy) is 1. The number of methoxy groups -OCH3 is 1. The summed E-state index contributed by atoms with van der Waals surface area (Å²) >= 11 is 3.36. The van der Waals surface area contributed by atoms with Gasteiger partial charge in [0.1, 0.15) is 11.8 Å². The molecule has 16 heavy (non-hydrogen) atoms. The summed E-state index contributed by atoms with van der Waals surface area (Å²) in [6.45, 7) is 4.42. The Morgan fingerprint density at radius 2 is 2.31 bits per heavy atom. The zero-order valence-electron chi connectivity index (χ0n) is 9.62. The van der Waals surface area contributed by atoms with E-state index in [1.165, 1.54) is 7.11 Å². The van der Waals surface area contributed by atoms with Gasteiger partial charge in [-0.3, -0.25) is 10.1 Å². The number of nitrogens with one attached hydrogen (secondary N) is 1. The SMILES string of the molecule is COC(=O)C(NCc1occc1Br)C(C)C. The first kappa shape index (κ1) is 13.3. The monoisotopic (exact) mass is 289 g/mol. The van der Waals surface area contributed by atoms with Crippen molar-refractivity contribution in [3.05, 3.63) is 22.6 Å². The lowest BCUT2D eigenvalue weighted by atomic mass is 10.0. The van der Waals surface area contributed by atoms with Gasteiger partial charge >= 0.3 is 5.97 Å². The molecule has 0 aliphatic heterocycles. The number of rotatable bonds is 5. The first-order valence-corrected chi connectivity index (χ1v) is 5.88. The molecule has 0 amide bonds. The summed E-state index contributed by atoms with van der Waals surface area (Å²) < 4.78 is 10.9. The van der Waals surface area contributed by atoms with Crippen LogP contribution in [0.25, 0.3) is 0 Å². The minimum absolute atomic E-state index is 0.168. The fourth-order valence-corrected chi connectivity index (χ4v) is 1.71. The van der Waals surface area contributed by atoms with E-state index in [-0.39, 0.29) is 17.9 Å². The molecule has 0 saturated heterocycles. The molecule has 1 N–H and O–H groups in total. The first-order valence-electron chi connectivity index (χ1n) is 5.09. The average Bonchev–Trinajstić information content (AvgIpc) is 2.64. The van der Waals surface area contributed by atoms with Crippen LogP contribution in [0.15, 0.2) is 21.2 Å². The molecule has 0 aromatic carbocycles. The number of halogens is 1. The van der Waals surface area contributed by atoms with Crippen molar-refractivity contribution in [2.24, 2.45) is 5.92 Å². The molecule has 1 heterocycles. The van der Waals surface area contributed by atoms with Crippen LogP contribution in [0.2, 0.25) is 0 Å². The molecule has 0 bridgehead atoms. The van der Waals surface area contributed by atoms with Crippen LogP contribution in [0.1, 0.15) is 19.6 Å². The molecular formula is C11H16BrNO3. The van der Waals surface area contributed by atoms with Crippen LogP contribution in [-0.2, 0) is 16.1 Å². The van der Waals surface area contributed by atoms with Gasteiger partial charge in [-0.25, -0.2) is 0 Å². The topological polar surface area (TPSA) is 51.5 Å². The Labute approximate surface area is 103 Å². The third-order valence-corrected chi connectivity index (χ3v) is 3.00. The molecule has 90 valence electrons. The second kappa shape index (κ2) is 6.06. The predicted octanol–water partition coefficient (Wildman–Crippen LogP) is 2.33. The molecule has 0 aliphatic carbocycles. The van der Waals surface area contributed by atoms with Crippen molar-refractivity contribution in [2.75, 3.05) is 7.11 Å². The zero-order valence-corrected chi connectivity index (χ0v) is 11.2. The van der Waals surface area contributed by atoms with Gasteiger partial charge in [-0.2, -0.15) is 0 Å². The van der Waals surface area contributed by atoms with E-state index in [0.29, 0.717) is 6.54 Å². The normalized spacial score (nSPS) is 12.8. The number of hydrogen-bond donors (Lipinski definition) is 1. The second-order valence-electron chi connectivity index (χ2n) is 3.82. The molecule has 0 spiro atoms.